The van der Waals surface area contributed by atoms with E-state index in [-0.39, 0.29) is 18.3 Å². The molecule has 0 spiro atoms. The Morgan fingerprint density at radius 2 is 0.475 bits per heavy atom. The molecule has 1 rings (SSSR count). The standard InChI is InChI=1S/C72H149N5O3/c1-8-13-18-23-28-33-38-43-48-68(6)63-75(60-62-77(66-71(79)51-46-41-36-31-26-21-16-11-4)67-72(80)52-47-42-37-32-27-22-17-12-5)59-57-73-53-55-74(56-54-73)58-61-76(64-69(7)49-44-39-34-29-24-19-14-9-2)65-70(78)50-45-40-35-30-25-20-15-10-3/h68-72,78-80H,8-67H2,1-7H3. The topological polar surface area (TPSA) is 76.9 Å². The van der Waals surface area contributed by atoms with Crippen molar-refractivity contribution in [3.8, 4) is 0 Å². The predicted octanol–water partition coefficient (Wildman–Crippen LogP) is 18.5. The van der Waals surface area contributed by atoms with Crippen LogP contribution in [-0.2, 0) is 0 Å². The zero-order valence-corrected chi connectivity index (χ0v) is 55.9. The number of piperazine rings is 1. The first-order chi connectivity index (χ1) is 39.1. The molecule has 5 atom stereocenters. The number of nitrogens with zero attached hydrogens (tertiary/aromatic N) is 5. The molecule has 8 heteroatoms. The second-order valence-electron chi connectivity index (χ2n) is 27.0. The first-order valence-electron chi connectivity index (χ1n) is 36.8. The molecule has 1 aliphatic heterocycles. The molecule has 1 aliphatic rings. The highest BCUT2D eigenvalue weighted by Crippen LogP contribution is 2.20. The zero-order valence-electron chi connectivity index (χ0n) is 55.9. The van der Waals surface area contributed by atoms with E-state index in [0.717, 1.165) is 124 Å². The molecule has 0 radical (unpaired) electrons. The summed E-state index contributed by atoms with van der Waals surface area (Å²) in [6, 6.07) is 0. The molecule has 1 fully saturated rings. The lowest BCUT2D eigenvalue weighted by Gasteiger charge is -2.38. The summed E-state index contributed by atoms with van der Waals surface area (Å²) in [5, 5.41) is 34.3. The van der Waals surface area contributed by atoms with Crippen LogP contribution in [0.2, 0.25) is 0 Å². The molecule has 1 saturated heterocycles. The normalized spacial score (nSPS) is 15.7. The Bertz CT molecular complexity index is 1150. The lowest BCUT2D eigenvalue weighted by Crippen LogP contribution is -2.51. The van der Waals surface area contributed by atoms with E-state index in [0.29, 0.717) is 24.9 Å². The van der Waals surface area contributed by atoms with Crippen LogP contribution in [0.5, 0.6) is 0 Å². The Morgan fingerprint density at radius 1 is 0.263 bits per heavy atom. The minimum absolute atomic E-state index is 0.213. The van der Waals surface area contributed by atoms with E-state index in [2.05, 4.69) is 73.0 Å². The van der Waals surface area contributed by atoms with Crippen molar-refractivity contribution < 1.29 is 15.3 Å². The molecule has 0 bridgehead atoms. The lowest BCUT2D eigenvalue weighted by molar-refractivity contribution is 0.0514. The van der Waals surface area contributed by atoms with Crippen molar-refractivity contribution >= 4 is 0 Å². The maximum absolute atomic E-state index is 11.5. The molecule has 0 aliphatic carbocycles. The number of hydrogen-bond donors (Lipinski definition) is 3. The smallest absolute Gasteiger partial charge is 0.0667 e. The first-order valence-corrected chi connectivity index (χ1v) is 36.8. The summed E-state index contributed by atoms with van der Waals surface area (Å²) < 4.78 is 0. The molecule has 0 aromatic heterocycles. The fourth-order valence-corrected chi connectivity index (χ4v) is 12.9. The Kier molecular flexibility index (Phi) is 57.3. The highest BCUT2D eigenvalue weighted by Gasteiger charge is 2.23. The summed E-state index contributed by atoms with van der Waals surface area (Å²) in [6.07, 6.45) is 57.8. The van der Waals surface area contributed by atoms with Gasteiger partial charge in [0.25, 0.3) is 0 Å². The third kappa shape index (κ3) is 51.0. The molecule has 480 valence electrons. The van der Waals surface area contributed by atoms with Gasteiger partial charge in [-0.1, -0.05) is 305 Å². The third-order valence-corrected chi connectivity index (χ3v) is 18.5. The van der Waals surface area contributed by atoms with Gasteiger partial charge in [0.2, 0.25) is 0 Å². The van der Waals surface area contributed by atoms with E-state index in [1.54, 1.807) is 0 Å². The highest BCUT2D eigenvalue weighted by atomic mass is 16.3. The maximum atomic E-state index is 11.5. The quantitative estimate of drug-likeness (QED) is 0.0520. The zero-order chi connectivity index (χ0) is 58.2. The van der Waals surface area contributed by atoms with Crippen molar-refractivity contribution in [2.24, 2.45) is 11.8 Å². The Labute approximate surface area is 503 Å². The van der Waals surface area contributed by atoms with Gasteiger partial charge in [0.05, 0.1) is 18.3 Å². The molecule has 1 heterocycles. The van der Waals surface area contributed by atoms with Crippen molar-refractivity contribution in [1.29, 1.82) is 0 Å². The van der Waals surface area contributed by atoms with Crippen LogP contribution in [0.15, 0.2) is 0 Å². The maximum Gasteiger partial charge on any atom is 0.0667 e. The van der Waals surface area contributed by atoms with E-state index in [1.807, 2.05) is 0 Å². The Balaban J connectivity index is 2.94. The van der Waals surface area contributed by atoms with Crippen LogP contribution in [0.25, 0.3) is 0 Å². The number of aliphatic hydroxyl groups is 3. The van der Waals surface area contributed by atoms with Crippen LogP contribution in [0, 0.1) is 11.8 Å². The van der Waals surface area contributed by atoms with Gasteiger partial charge in [-0.05, 0) is 43.9 Å². The molecular formula is C72H149N5O3. The average Bonchev–Trinajstić information content (AvgIpc) is 3.44. The summed E-state index contributed by atoms with van der Waals surface area (Å²) in [5.74, 6) is 1.35. The molecular weight excluding hydrogens is 983 g/mol. The van der Waals surface area contributed by atoms with Crippen molar-refractivity contribution in [3.05, 3.63) is 0 Å². The SMILES string of the molecule is CCCCCCCCCCC(C)CN(CCN1CCN(CCN(CC(C)CCCCCCCCCC)CC(O)CCCCCCCCCC)CC1)CCN(CC(O)CCCCCCCCCC)CC(O)CCCCCCCCCC. The van der Waals surface area contributed by atoms with Crippen LogP contribution >= 0.6 is 0 Å². The fourth-order valence-electron chi connectivity index (χ4n) is 12.9. The number of hydrogen-bond acceptors (Lipinski definition) is 8. The summed E-state index contributed by atoms with van der Waals surface area (Å²) in [5.41, 5.74) is 0. The van der Waals surface area contributed by atoms with Crippen LogP contribution in [0.3, 0.4) is 0 Å². The minimum atomic E-state index is -0.323. The molecule has 0 amide bonds. The summed E-state index contributed by atoms with van der Waals surface area (Å²) in [4.78, 5) is 13.3. The van der Waals surface area contributed by atoms with Gasteiger partial charge < -0.3 is 20.2 Å². The van der Waals surface area contributed by atoms with Crippen molar-refractivity contribution in [3.63, 3.8) is 0 Å². The van der Waals surface area contributed by atoms with Gasteiger partial charge in [-0.25, -0.2) is 0 Å². The lowest BCUT2D eigenvalue weighted by atomic mass is 10.0. The fraction of sp³-hybridized carbons (Fsp3) is 1.00. The predicted molar refractivity (Wildman–Crippen MR) is 355 cm³/mol. The minimum Gasteiger partial charge on any atom is -0.392 e. The third-order valence-electron chi connectivity index (χ3n) is 18.5. The second kappa shape index (κ2) is 59.0. The van der Waals surface area contributed by atoms with Crippen LogP contribution in [-0.4, -0.2) is 156 Å². The monoisotopic (exact) mass is 1130 g/mol. The van der Waals surface area contributed by atoms with Gasteiger partial charge in [0, 0.05) is 98.2 Å². The van der Waals surface area contributed by atoms with Gasteiger partial charge in [-0.2, -0.15) is 0 Å². The second-order valence-corrected chi connectivity index (χ2v) is 27.0. The van der Waals surface area contributed by atoms with E-state index >= 15 is 0 Å². The highest BCUT2D eigenvalue weighted by molar-refractivity contribution is 4.78. The van der Waals surface area contributed by atoms with Gasteiger partial charge in [0.15, 0.2) is 0 Å². The Hall–Kier alpha value is -0.320. The van der Waals surface area contributed by atoms with E-state index in [9.17, 15) is 15.3 Å². The van der Waals surface area contributed by atoms with Gasteiger partial charge in [-0.15, -0.1) is 0 Å². The van der Waals surface area contributed by atoms with E-state index in [1.165, 1.54) is 250 Å². The summed E-state index contributed by atoms with van der Waals surface area (Å²) >= 11 is 0. The van der Waals surface area contributed by atoms with E-state index in [4.69, 9.17) is 0 Å². The van der Waals surface area contributed by atoms with Crippen LogP contribution in [0.4, 0.5) is 0 Å². The van der Waals surface area contributed by atoms with Crippen molar-refractivity contribution in [1.82, 2.24) is 24.5 Å². The van der Waals surface area contributed by atoms with Crippen molar-refractivity contribution in [2.75, 3.05) is 98.2 Å². The summed E-state index contributed by atoms with van der Waals surface area (Å²) in [6.45, 7) is 31.8. The number of unbranched alkanes of at least 4 members (excludes halogenated alkanes) is 35. The number of aliphatic hydroxyl groups excluding tert-OH is 3. The number of rotatable bonds is 64. The van der Waals surface area contributed by atoms with Gasteiger partial charge in [0.1, 0.15) is 0 Å². The van der Waals surface area contributed by atoms with E-state index < -0.39 is 0 Å². The Morgan fingerprint density at radius 3 is 0.762 bits per heavy atom. The molecule has 3 N–H and O–H groups in total. The van der Waals surface area contributed by atoms with Crippen molar-refractivity contribution in [2.45, 2.75) is 356 Å². The van der Waals surface area contributed by atoms with Gasteiger partial charge >= 0.3 is 0 Å². The molecule has 0 aromatic carbocycles. The average molecular weight is 1130 g/mol. The van der Waals surface area contributed by atoms with Crippen LogP contribution in [0.1, 0.15) is 337 Å². The summed E-state index contributed by atoms with van der Waals surface area (Å²) in [7, 11) is 0. The molecule has 80 heavy (non-hydrogen) atoms. The van der Waals surface area contributed by atoms with Gasteiger partial charge in [-0.3, -0.25) is 19.6 Å². The molecule has 0 saturated carbocycles. The first kappa shape index (κ1) is 77.7. The molecule has 0 aromatic rings. The van der Waals surface area contributed by atoms with Crippen LogP contribution < -0.4 is 0 Å². The molecule has 5 unspecified atom stereocenters. The molecule has 8 nitrogen and oxygen atoms in total. The largest absolute Gasteiger partial charge is 0.392 e.